The largest absolute Gasteiger partial charge is 0.492 e. The highest BCUT2D eigenvalue weighted by atomic mass is 35.5. The number of benzene rings is 2. The van der Waals surface area contributed by atoms with Crippen LogP contribution in [0.3, 0.4) is 0 Å². The standard InChI is InChI=1S/C16H10Cl2F3NO4/c1-8-2-4-9(5-3-8)24-14(23)22-16(15(19,20)21)25-12-6-10(17)11(18)7-13(12)26-16/h2-7H,1H3,(H,22,23). The Morgan fingerprint density at radius 3 is 2.04 bits per heavy atom. The summed E-state index contributed by atoms with van der Waals surface area (Å²) in [6.45, 7) is 1.80. The summed E-state index contributed by atoms with van der Waals surface area (Å²) in [5, 5.41) is 1.50. The van der Waals surface area contributed by atoms with Gasteiger partial charge in [0.25, 0.3) is 0 Å². The van der Waals surface area contributed by atoms with E-state index in [0.717, 1.165) is 17.7 Å². The number of nitrogens with one attached hydrogen (secondary N) is 1. The smallest absolute Gasteiger partial charge is 0.424 e. The van der Waals surface area contributed by atoms with Crippen LogP contribution in [-0.4, -0.2) is 18.2 Å². The van der Waals surface area contributed by atoms with Crippen LogP contribution in [0, 0.1) is 6.92 Å². The number of ether oxygens (including phenoxy) is 3. The lowest BCUT2D eigenvalue weighted by atomic mass is 10.2. The van der Waals surface area contributed by atoms with Crippen LogP contribution in [0.15, 0.2) is 36.4 Å². The van der Waals surface area contributed by atoms with Crippen molar-refractivity contribution in [2.24, 2.45) is 0 Å². The maximum Gasteiger partial charge on any atom is 0.492 e. The predicted molar refractivity (Wildman–Crippen MR) is 86.8 cm³/mol. The van der Waals surface area contributed by atoms with Gasteiger partial charge in [0.15, 0.2) is 11.5 Å². The lowest BCUT2D eigenvalue weighted by Gasteiger charge is -2.29. The molecule has 138 valence electrons. The molecule has 1 aliphatic rings. The fraction of sp³-hybridized carbons (Fsp3) is 0.188. The van der Waals surface area contributed by atoms with Crippen molar-refractivity contribution in [2.75, 3.05) is 0 Å². The second kappa shape index (κ2) is 6.44. The van der Waals surface area contributed by atoms with Gasteiger partial charge in [-0.05, 0) is 19.1 Å². The molecule has 0 aromatic heterocycles. The van der Waals surface area contributed by atoms with Crippen LogP contribution in [0.4, 0.5) is 18.0 Å². The molecule has 0 saturated carbocycles. The number of alkyl halides is 3. The molecule has 0 unspecified atom stereocenters. The molecule has 1 heterocycles. The Hall–Kier alpha value is -2.32. The lowest BCUT2D eigenvalue weighted by Crippen LogP contribution is -2.65. The maximum atomic E-state index is 13.5. The number of hydrogen-bond acceptors (Lipinski definition) is 4. The molecule has 2 aromatic rings. The topological polar surface area (TPSA) is 56.8 Å². The minimum atomic E-state index is -5.13. The van der Waals surface area contributed by atoms with Crippen molar-refractivity contribution in [3.63, 3.8) is 0 Å². The number of hydrogen-bond donors (Lipinski definition) is 1. The summed E-state index contributed by atoms with van der Waals surface area (Å²) in [7, 11) is 0. The molecule has 26 heavy (non-hydrogen) atoms. The normalized spacial score (nSPS) is 14.8. The van der Waals surface area contributed by atoms with Gasteiger partial charge in [0.1, 0.15) is 5.75 Å². The highest BCUT2D eigenvalue weighted by molar-refractivity contribution is 6.42. The van der Waals surface area contributed by atoms with E-state index in [1.807, 2.05) is 0 Å². The first-order valence-electron chi connectivity index (χ1n) is 7.10. The van der Waals surface area contributed by atoms with Crippen molar-refractivity contribution in [3.8, 4) is 17.2 Å². The Kier molecular flexibility index (Phi) is 4.58. The molecule has 0 spiro atoms. The first kappa shape index (κ1) is 18.5. The number of fused-ring (bicyclic) bond motifs is 1. The Bertz CT molecular complexity index is 825. The minimum absolute atomic E-state index is 0.0331. The second-order valence-electron chi connectivity index (χ2n) is 5.36. The molecule has 0 bridgehead atoms. The zero-order valence-electron chi connectivity index (χ0n) is 13.0. The van der Waals surface area contributed by atoms with Crippen LogP contribution in [0.1, 0.15) is 5.56 Å². The van der Waals surface area contributed by atoms with Crippen LogP contribution in [-0.2, 0) is 0 Å². The van der Waals surface area contributed by atoms with Crippen LogP contribution < -0.4 is 19.5 Å². The number of carbonyl (C=O) groups is 1. The average Bonchev–Trinajstić information content (AvgIpc) is 2.88. The van der Waals surface area contributed by atoms with Gasteiger partial charge in [-0.1, -0.05) is 40.9 Å². The average molecular weight is 408 g/mol. The lowest BCUT2D eigenvalue weighted by molar-refractivity contribution is -0.318. The van der Waals surface area contributed by atoms with Gasteiger partial charge in [0, 0.05) is 12.1 Å². The van der Waals surface area contributed by atoms with Gasteiger partial charge >= 0.3 is 18.2 Å². The molecular formula is C16H10Cl2F3NO4. The van der Waals surface area contributed by atoms with Crippen molar-refractivity contribution in [3.05, 3.63) is 52.0 Å². The summed E-state index contributed by atoms with van der Waals surface area (Å²) in [5.74, 6) is -4.07. The maximum absolute atomic E-state index is 13.5. The summed E-state index contributed by atoms with van der Waals surface area (Å²) in [4.78, 5) is 11.9. The molecule has 0 atom stereocenters. The van der Waals surface area contributed by atoms with Gasteiger partial charge in [0.2, 0.25) is 0 Å². The molecule has 0 fully saturated rings. The van der Waals surface area contributed by atoms with Gasteiger partial charge < -0.3 is 14.2 Å². The SMILES string of the molecule is Cc1ccc(OC(=O)NC2(C(F)(F)F)Oc3cc(Cl)c(Cl)cc3O2)cc1. The highest BCUT2D eigenvalue weighted by Gasteiger charge is 2.66. The van der Waals surface area contributed by atoms with E-state index in [2.05, 4.69) is 0 Å². The van der Waals surface area contributed by atoms with E-state index in [4.69, 9.17) is 37.4 Å². The van der Waals surface area contributed by atoms with Crippen LogP contribution in [0.25, 0.3) is 0 Å². The van der Waals surface area contributed by atoms with Crippen LogP contribution >= 0.6 is 23.2 Å². The quantitative estimate of drug-likeness (QED) is 0.754. The molecule has 10 heteroatoms. The van der Waals surface area contributed by atoms with E-state index in [9.17, 15) is 18.0 Å². The third-order valence-electron chi connectivity index (χ3n) is 3.37. The number of halogens is 5. The molecule has 1 amide bonds. The van der Waals surface area contributed by atoms with Gasteiger partial charge in [0.05, 0.1) is 10.0 Å². The van der Waals surface area contributed by atoms with Crippen molar-refractivity contribution in [1.29, 1.82) is 0 Å². The monoisotopic (exact) mass is 407 g/mol. The van der Waals surface area contributed by atoms with Crippen LogP contribution in [0.5, 0.6) is 17.2 Å². The van der Waals surface area contributed by atoms with Crippen molar-refractivity contribution >= 4 is 29.3 Å². The Morgan fingerprint density at radius 2 is 1.58 bits per heavy atom. The predicted octanol–water partition coefficient (Wildman–Crippen LogP) is 5.08. The zero-order chi connectivity index (χ0) is 19.1. The zero-order valence-corrected chi connectivity index (χ0v) is 14.5. The minimum Gasteiger partial charge on any atom is -0.424 e. The molecule has 0 saturated heterocycles. The number of carbonyl (C=O) groups excluding carboxylic acids is 1. The summed E-state index contributed by atoms with van der Waals surface area (Å²) in [5.41, 5.74) is 0.885. The van der Waals surface area contributed by atoms with Gasteiger partial charge in [-0.2, -0.15) is 13.2 Å². The first-order valence-corrected chi connectivity index (χ1v) is 7.86. The van der Waals surface area contributed by atoms with E-state index >= 15 is 0 Å². The third kappa shape index (κ3) is 3.47. The Labute approximate surface area is 155 Å². The second-order valence-corrected chi connectivity index (χ2v) is 6.17. The molecule has 5 nitrogen and oxygen atoms in total. The fourth-order valence-corrected chi connectivity index (χ4v) is 2.42. The molecule has 1 N–H and O–H groups in total. The molecule has 3 rings (SSSR count). The fourth-order valence-electron chi connectivity index (χ4n) is 2.11. The molecular weight excluding hydrogens is 398 g/mol. The molecule has 1 aliphatic heterocycles. The first-order chi connectivity index (χ1) is 12.1. The summed E-state index contributed by atoms with van der Waals surface area (Å²) in [6, 6.07) is 8.23. The highest BCUT2D eigenvalue weighted by Crippen LogP contribution is 2.47. The van der Waals surface area contributed by atoms with Crippen LogP contribution in [0.2, 0.25) is 10.0 Å². The molecule has 2 aromatic carbocycles. The summed E-state index contributed by atoms with van der Waals surface area (Å²) < 4.78 is 55.1. The van der Waals surface area contributed by atoms with E-state index < -0.39 is 18.2 Å². The van der Waals surface area contributed by atoms with Gasteiger partial charge in [-0.3, -0.25) is 0 Å². The van der Waals surface area contributed by atoms with E-state index in [1.54, 1.807) is 24.4 Å². The third-order valence-corrected chi connectivity index (χ3v) is 4.09. The van der Waals surface area contributed by atoms with E-state index in [-0.39, 0.29) is 27.3 Å². The Balaban J connectivity index is 1.84. The number of rotatable bonds is 2. The van der Waals surface area contributed by atoms with Crippen molar-refractivity contribution < 1.29 is 32.2 Å². The number of amides is 1. The van der Waals surface area contributed by atoms with Gasteiger partial charge in [-0.15, -0.1) is 0 Å². The summed E-state index contributed by atoms with van der Waals surface area (Å²) in [6.07, 6.45) is -6.55. The van der Waals surface area contributed by atoms with Crippen molar-refractivity contribution in [1.82, 2.24) is 5.32 Å². The molecule has 0 radical (unpaired) electrons. The number of aryl methyl sites for hydroxylation is 1. The molecule has 0 aliphatic carbocycles. The Morgan fingerprint density at radius 1 is 1.08 bits per heavy atom. The van der Waals surface area contributed by atoms with Crippen molar-refractivity contribution in [2.45, 2.75) is 19.0 Å². The van der Waals surface area contributed by atoms with E-state index in [0.29, 0.717) is 0 Å². The van der Waals surface area contributed by atoms with Gasteiger partial charge in [-0.25, -0.2) is 10.1 Å². The van der Waals surface area contributed by atoms with E-state index in [1.165, 1.54) is 12.1 Å². The summed E-state index contributed by atoms with van der Waals surface area (Å²) >= 11 is 11.5.